The predicted octanol–water partition coefficient (Wildman–Crippen LogP) is 4.87. The van der Waals surface area contributed by atoms with E-state index in [1.165, 1.54) is 56.6 Å². The highest BCUT2D eigenvalue weighted by Crippen LogP contribution is 2.19. The Morgan fingerprint density at radius 2 is 1.54 bits per heavy atom. The Balaban J connectivity index is 1.70. The largest absolute Gasteiger partial charge is 0.369 e. The molecule has 1 heterocycles. The molecule has 26 heavy (non-hydrogen) atoms. The van der Waals surface area contributed by atoms with Gasteiger partial charge in [0.05, 0.1) is 0 Å². The van der Waals surface area contributed by atoms with E-state index in [0.29, 0.717) is 6.04 Å². The molecule has 3 heteroatoms. The summed E-state index contributed by atoms with van der Waals surface area (Å²) in [5.41, 5.74) is 2.81. The second kappa shape index (κ2) is 10.9. The maximum Gasteiger partial charge on any atom is 0.0367 e. The van der Waals surface area contributed by atoms with E-state index in [0.717, 1.165) is 25.6 Å². The van der Waals surface area contributed by atoms with Gasteiger partial charge < -0.3 is 9.80 Å². The van der Waals surface area contributed by atoms with E-state index in [1.807, 2.05) is 0 Å². The second-order valence-corrected chi connectivity index (χ2v) is 8.76. The summed E-state index contributed by atoms with van der Waals surface area (Å²) in [6.07, 6.45) is 5.44. The van der Waals surface area contributed by atoms with Crippen LogP contribution in [-0.2, 0) is 6.54 Å². The molecule has 1 saturated heterocycles. The average molecular weight is 360 g/mol. The second-order valence-electron chi connectivity index (χ2n) is 8.76. The van der Waals surface area contributed by atoms with Gasteiger partial charge in [-0.05, 0) is 57.5 Å². The van der Waals surface area contributed by atoms with Crippen LogP contribution < -0.4 is 4.90 Å². The molecule has 1 aliphatic heterocycles. The van der Waals surface area contributed by atoms with Crippen LogP contribution in [0.25, 0.3) is 0 Å². The summed E-state index contributed by atoms with van der Waals surface area (Å²) in [4.78, 5) is 7.56. The first-order valence-electron chi connectivity index (χ1n) is 10.7. The van der Waals surface area contributed by atoms with Crippen molar-refractivity contribution in [2.24, 2.45) is 5.92 Å². The minimum absolute atomic E-state index is 0.667. The molecule has 0 aromatic heterocycles. The third-order valence-corrected chi connectivity index (χ3v) is 5.62. The van der Waals surface area contributed by atoms with Crippen LogP contribution in [0.1, 0.15) is 58.9 Å². The number of anilines is 1. The fourth-order valence-corrected chi connectivity index (χ4v) is 3.81. The van der Waals surface area contributed by atoms with E-state index in [1.54, 1.807) is 0 Å². The van der Waals surface area contributed by atoms with Crippen molar-refractivity contribution in [3.63, 3.8) is 0 Å². The van der Waals surface area contributed by atoms with Crippen LogP contribution in [0, 0.1) is 5.92 Å². The van der Waals surface area contributed by atoms with Gasteiger partial charge in [-0.25, -0.2) is 0 Å². The molecule has 1 aliphatic rings. The van der Waals surface area contributed by atoms with Crippen LogP contribution in [0.2, 0.25) is 0 Å². The van der Waals surface area contributed by atoms with Crippen molar-refractivity contribution in [2.75, 3.05) is 44.7 Å². The van der Waals surface area contributed by atoms with Gasteiger partial charge in [-0.15, -0.1) is 0 Å². The Morgan fingerprint density at radius 3 is 2.12 bits per heavy atom. The molecule has 0 spiro atoms. The number of unbranched alkanes of at least 4 members (excludes halogenated alkanes) is 2. The van der Waals surface area contributed by atoms with Crippen molar-refractivity contribution in [1.29, 1.82) is 0 Å². The quantitative estimate of drug-likeness (QED) is 0.552. The van der Waals surface area contributed by atoms with Crippen molar-refractivity contribution in [2.45, 2.75) is 66.0 Å². The van der Waals surface area contributed by atoms with E-state index >= 15 is 0 Å². The van der Waals surface area contributed by atoms with E-state index in [9.17, 15) is 0 Å². The van der Waals surface area contributed by atoms with E-state index < -0.39 is 0 Å². The zero-order valence-corrected chi connectivity index (χ0v) is 17.9. The lowest BCUT2D eigenvalue weighted by atomic mass is 10.1. The molecule has 1 aromatic carbocycles. The first-order valence-corrected chi connectivity index (χ1v) is 10.7. The van der Waals surface area contributed by atoms with Crippen molar-refractivity contribution in [1.82, 2.24) is 9.80 Å². The van der Waals surface area contributed by atoms with Crippen LogP contribution in [0.3, 0.4) is 0 Å². The number of hydrogen-bond donors (Lipinski definition) is 0. The Hall–Kier alpha value is -1.06. The van der Waals surface area contributed by atoms with Gasteiger partial charge in [0, 0.05) is 44.5 Å². The monoisotopic (exact) mass is 359 g/mol. The summed E-state index contributed by atoms with van der Waals surface area (Å²) < 4.78 is 0. The topological polar surface area (TPSA) is 9.72 Å². The maximum atomic E-state index is 2.57. The van der Waals surface area contributed by atoms with Crippen molar-refractivity contribution < 1.29 is 0 Å². The zero-order valence-electron chi connectivity index (χ0n) is 17.9. The van der Waals surface area contributed by atoms with Gasteiger partial charge in [0.1, 0.15) is 0 Å². The van der Waals surface area contributed by atoms with Crippen LogP contribution in [-0.4, -0.2) is 55.6 Å². The molecule has 2 rings (SSSR count). The van der Waals surface area contributed by atoms with Gasteiger partial charge in [-0.3, -0.25) is 4.90 Å². The summed E-state index contributed by atoms with van der Waals surface area (Å²) in [6.45, 7) is 16.2. The Morgan fingerprint density at radius 1 is 0.885 bits per heavy atom. The molecule has 1 aromatic rings. The molecular formula is C23H41N3. The molecule has 0 aliphatic carbocycles. The number of nitrogens with zero attached hydrogens (tertiary/aromatic N) is 3. The number of benzene rings is 1. The standard InChI is InChI=1S/C23H41N3/c1-20(2)9-7-6-8-14-24(5)19-22-10-12-23(13-11-22)26-17-15-25(16-18-26)21(3)4/h10-13,20-21H,6-9,14-19H2,1-5H3. The van der Waals surface area contributed by atoms with Gasteiger partial charge >= 0.3 is 0 Å². The summed E-state index contributed by atoms with van der Waals surface area (Å²) in [5.74, 6) is 0.847. The van der Waals surface area contributed by atoms with Gasteiger partial charge in [0.2, 0.25) is 0 Å². The lowest BCUT2D eigenvalue weighted by molar-refractivity contribution is 0.209. The molecule has 0 amide bonds. The molecule has 3 nitrogen and oxygen atoms in total. The molecule has 0 N–H and O–H groups in total. The molecule has 1 fully saturated rings. The fourth-order valence-electron chi connectivity index (χ4n) is 3.81. The van der Waals surface area contributed by atoms with Gasteiger partial charge in [0.25, 0.3) is 0 Å². The lowest BCUT2D eigenvalue weighted by Crippen LogP contribution is -2.48. The first-order chi connectivity index (χ1) is 12.5. The Labute approximate surface area is 162 Å². The van der Waals surface area contributed by atoms with Crippen LogP contribution >= 0.6 is 0 Å². The maximum absolute atomic E-state index is 2.57. The molecule has 0 radical (unpaired) electrons. The van der Waals surface area contributed by atoms with Crippen molar-refractivity contribution in [3.8, 4) is 0 Å². The number of piperazine rings is 1. The molecule has 148 valence electrons. The highest BCUT2D eigenvalue weighted by molar-refractivity contribution is 5.48. The van der Waals surface area contributed by atoms with E-state index in [2.05, 4.69) is 73.7 Å². The Bertz CT molecular complexity index is 487. The summed E-state index contributed by atoms with van der Waals surface area (Å²) in [7, 11) is 2.25. The van der Waals surface area contributed by atoms with Crippen LogP contribution in [0.4, 0.5) is 5.69 Å². The number of rotatable bonds is 10. The first kappa shape index (κ1) is 21.2. The molecule has 0 unspecified atom stereocenters. The smallest absolute Gasteiger partial charge is 0.0367 e. The molecule has 0 atom stereocenters. The summed E-state index contributed by atoms with van der Waals surface area (Å²) in [6, 6.07) is 9.94. The molecule has 0 bridgehead atoms. The fraction of sp³-hybridized carbons (Fsp3) is 0.739. The van der Waals surface area contributed by atoms with Crippen molar-refractivity contribution >= 4 is 5.69 Å². The highest BCUT2D eigenvalue weighted by atomic mass is 15.3. The minimum Gasteiger partial charge on any atom is -0.369 e. The third-order valence-electron chi connectivity index (χ3n) is 5.62. The predicted molar refractivity (Wildman–Crippen MR) is 115 cm³/mol. The minimum atomic E-state index is 0.667. The van der Waals surface area contributed by atoms with Crippen LogP contribution in [0.15, 0.2) is 24.3 Å². The van der Waals surface area contributed by atoms with Crippen molar-refractivity contribution in [3.05, 3.63) is 29.8 Å². The lowest BCUT2D eigenvalue weighted by Gasteiger charge is -2.38. The molecule has 0 saturated carbocycles. The zero-order chi connectivity index (χ0) is 18.9. The average Bonchev–Trinajstić information content (AvgIpc) is 2.62. The normalized spacial score (nSPS) is 16.2. The number of hydrogen-bond acceptors (Lipinski definition) is 3. The van der Waals surface area contributed by atoms with Crippen LogP contribution in [0.5, 0.6) is 0 Å². The van der Waals surface area contributed by atoms with E-state index in [4.69, 9.17) is 0 Å². The highest BCUT2D eigenvalue weighted by Gasteiger charge is 2.18. The van der Waals surface area contributed by atoms with Gasteiger partial charge in [0.15, 0.2) is 0 Å². The SMILES string of the molecule is CC(C)CCCCCN(C)Cc1ccc(N2CCN(C(C)C)CC2)cc1. The van der Waals surface area contributed by atoms with E-state index in [-0.39, 0.29) is 0 Å². The van der Waals surface area contributed by atoms with Gasteiger partial charge in [-0.1, -0.05) is 45.2 Å². The third kappa shape index (κ3) is 7.28. The molecular weight excluding hydrogens is 318 g/mol. The van der Waals surface area contributed by atoms with Gasteiger partial charge in [-0.2, -0.15) is 0 Å². The summed E-state index contributed by atoms with van der Waals surface area (Å²) in [5, 5.41) is 0. The summed E-state index contributed by atoms with van der Waals surface area (Å²) >= 11 is 0. The Kier molecular flexibility index (Phi) is 8.94.